The lowest BCUT2D eigenvalue weighted by molar-refractivity contribution is -0.122. The van der Waals surface area contributed by atoms with Crippen LogP contribution in [0.3, 0.4) is 0 Å². The Hall–Kier alpha value is -0.660. The summed E-state index contributed by atoms with van der Waals surface area (Å²) in [7, 11) is 0. The lowest BCUT2D eigenvalue weighted by atomic mass is 10.3. The average molecular weight is 226 g/mol. The molecular weight excluding hydrogens is 208 g/mol. The average Bonchev–Trinajstić information content (AvgIpc) is 2.26. The second-order valence-electron chi connectivity index (χ2n) is 3.62. The molecule has 1 amide bonds. The SMILES string of the molecule is C#CCNC(=O)CN1CCSC(CC)C1. The van der Waals surface area contributed by atoms with E-state index >= 15 is 0 Å². The highest BCUT2D eigenvalue weighted by atomic mass is 32.2. The third-order valence-electron chi connectivity index (χ3n) is 2.43. The first kappa shape index (κ1) is 12.4. The molecular formula is C11H18N2OS. The maximum Gasteiger partial charge on any atom is 0.234 e. The van der Waals surface area contributed by atoms with Crippen LogP contribution in [-0.2, 0) is 4.79 Å². The van der Waals surface area contributed by atoms with Crippen molar-refractivity contribution in [2.24, 2.45) is 0 Å². The van der Waals surface area contributed by atoms with Gasteiger partial charge in [-0.1, -0.05) is 12.8 Å². The summed E-state index contributed by atoms with van der Waals surface area (Å²) in [5.41, 5.74) is 0. The fourth-order valence-electron chi connectivity index (χ4n) is 1.58. The van der Waals surface area contributed by atoms with Gasteiger partial charge >= 0.3 is 0 Å². The minimum atomic E-state index is 0.0368. The lowest BCUT2D eigenvalue weighted by Crippen LogP contribution is -2.44. The molecule has 0 aromatic heterocycles. The molecule has 15 heavy (non-hydrogen) atoms. The van der Waals surface area contributed by atoms with Gasteiger partial charge in [0, 0.05) is 24.1 Å². The van der Waals surface area contributed by atoms with Gasteiger partial charge in [0.25, 0.3) is 0 Å². The first-order valence-corrected chi connectivity index (χ1v) is 6.35. The van der Waals surface area contributed by atoms with E-state index in [2.05, 4.69) is 23.1 Å². The van der Waals surface area contributed by atoms with Crippen LogP contribution in [0.25, 0.3) is 0 Å². The van der Waals surface area contributed by atoms with Gasteiger partial charge in [0.2, 0.25) is 5.91 Å². The molecule has 1 atom stereocenters. The van der Waals surface area contributed by atoms with Gasteiger partial charge in [0.1, 0.15) is 0 Å². The zero-order valence-electron chi connectivity index (χ0n) is 9.16. The van der Waals surface area contributed by atoms with Gasteiger partial charge in [0.15, 0.2) is 0 Å². The third kappa shape index (κ3) is 4.59. The van der Waals surface area contributed by atoms with Crippen LogP contribution in [0.5, 0.6) is 0 Å². The highest BCUT2D eigenvalue weighted by Crippen LogP contribution is 2.20. The quantitative estimate of drug-likeness (QED) is 0.711. The lowest BCUT2D eigenvalue weighted by Gasteiger charge is -2.31. The molecule has 1 aliphatic rings. The van der Waals surface area contributed by atoms with Gasteiger partial charge in [0.05, 0.1) is 13.1 Å². The van der Waals surface area contributed by atoms with Crippen molar-refractivity contribution >= 4 is 17.7 Å². The van der Waals surface area contributed by atoms with Crippen molar-refractivity contribution < 1.29 is 4.79 Å². The van der Waals surface area contributed by atoms with Gasteiger partial charge in [-0.2, -0.15) is 11.8 Å². The summed E-state index contributed by atoms with van der Waals surface area (Å²) in [6, 6.07) is 0. The van der Waals surface area contributed by atoms with Crippen LogP contribution in [-0.4, -0.2) is 48.0 Å². The number of carbonyl (C=O) groups is 1. The van der Waals surface area contributed by atoms with Crippen LogP contribution in [0.4, 0.5) is 0 Å². The first-order chi connectivity index (χ1) is 7.26. The Kier molecular flexibility index (Phi) is 5.59. The number of hydrogen-bond donors (Lipinski definition) is 1. The second-order valence-corrected chi connectivity index (χ2v) is 5.03. The van der Waals surface area contributed by atoms with E-state index in [9.17, 15) is 4.79 Å². The van der Waals surface area contributed by atoms with Crippen LogP contribution in [0.15, 0.2) is 0 Å². The standard InChI is InChI=1S/C11H18N2OS/c1-3-5-12-11(14)9-13-6-7-15-10(4-2)8-13/h1,10H,4-9H2,2H3,(H,12,14). The number of nitrogens with zero attached hydrogens (tertiary/aromatic N) is 1. The van der Waals surface area contributed by atoms with Gasteiger partial charge in [-0.05, 0) is 6.42 Å². The summed E-state index contributed by atoms with van der Waals surface area (Å²) in [5.74, 6) is 3.56. The topological polar surface area (TPSA) is 32.3 Å². The number of carbonyl (C=O) groups excluding carboxylic acids is 1. The van der Waals surface area contributed by atoms with Crippen molar-refractivity contribution in [3.63, 3.8) is 0 Å². The van der Waals surface area contributed by atoms with Crippen molar-refractivity contribution in [2.75, 3.05) is 31.9 Å². The van der Waals surface area contributed by atoms with Crippen molar-refractivity contribution in [3.8, 4) is 12.3 Å². The highest BCUT2D eigenvalue weighted by Gasteiger charge is 2.20. The van der Waals surface area contributed by atoms with E-state index in [4.69, 9.17) is 6.42 Å². The Bertz CT molecular complexity index is 249. The van der Waals surface area contributed by atoms with Gasteiger partial charge in [-0.15, -0.1) is 6.42 Å². The maximum atomic E-state index is 11.4. The van der Waals surface area contributed by atoms with E-state index in [1.54, 1.807) is 0 Å². The summed E-state index contributed by atoms with van der Waals surface area (Å²) < 4.78 is 0. The normalized spacial score (nSPS) is 22.0. The molecule has 1 heterocycles. The Morgan fingerprint density at radius 3 is 3.20 bits per heavy atom. The monoisotopic (exact) mass is 226 g/mol. The van der Waals surface area contributed by atoms with Gasteiger partial charge < -0.3 is 5.32 Å². The summed E-state index contributed by atoms with van der Waals surface area (Å²) in [5, 5.41) is 3.37. The Labute approximate surface area is 96.0 Å². The molecule has 0 bridgehead atoms. The molecule has 0 radical (unpaired) electrons. The molecule has 1 rings (SSSR count). The maximum absolute atomic E-state index is 11.4. The Balaban J connectivity index is 2.25. The van der Waals surface area contributed by atoms with E-state index in [-0.39, 0.29) is 5.91 Å². The number of thioether (sulfide) groups is 1. The van der Waals surface area contributed by atoms with Crippen LogP contribution in [0.1, 0.15) is 13.3 Å². The molecule has 0 spiro atoms. The van der Waals surface area contributed by atoms with E-state index in [0.717, 1.165) is 18.8 Å². The van der Waals surface area contributed by atoms with Crippen molar-refractivity contribution in [2.45, 2.75) is 18.6 Å². The molecule has 84 valence electrons. The Morgan fingerprint density at radius 2 is 2.53 bits per heavy atom. The molecule has 1 fully saturated rings. The Morgan fingerprint density at radius 1 is 1.73 bits per heavy atom. The summed E-state index contributed by atoms with van der Waals surface area (Å²) in [6.45, 7) is 5.03. The number of amides is 1. The highest BCUT2D eigenvalue weighted by molar-refractivity contribution is 8.00. The first-order valence-electron chi connectivity index (χ1n) is 5.30. The van der Waals surface area contributed by atoms with Crippen molar-refractivity contribution in [3.05, 3.63) is 0 Å². The zero-order valence-corrected chi connectivity index (χ0v) is 9.98. The van der Waals surface area contributed by atoms with Gasteiger partial charge in [-0.3, -0.25) is 9.69 Å². The molecule has 0 aromatic rings. The number of hydrogen-bond acceptors (Lipinski definition) is 3. The van der Waals surface area contributed by atoms with Crippen LogP contribution >= 0.6 is 11.8 Å². The summed E-state index contributed by atoms with van der Waals surface area (Å²) >= 11 is 2.01. The molecule has 0 aromatic carbocycles. The molecule has 1 unspecified atom stereocenters. The largest absolute Gasteiger partial charge is 0.344 e. The predicted octanol–water partition coefficient (Wildman–Crippen LogP) is 0.563. The van der Waals surface area contributed by atoms with E-state index in [1.807, 2.05) is 11.8 Å². The fourth-order valence-corrected chi connectivity index (χ4v) is 2.83. The predicted molar refractivity (Wildman–Crippen MR) is 64.8 cm³/mol. The number of terminal acetylenes is 1. The molecule has 3 nitrogen and oxygen atoms in total. The van der Waals surface area contributed by atoms with Crippen molar-refractivity contribution in [1.29, 1.82) is 0 Å². The minimum absolute atomic E-state index is 0.0368. The van der Waals surface area contributed by atoms with Gasteiger partial charge in [-0.25, -0.2) is 0 Å². The smallest absolute Gasteiger partial charge is 0.234 e. The van der Waals surface area contributed by atoms with Crippen molar-refractivity contribution in [1.82, 2.24) is 10.2 Å². The zero-order chi connectivity index (χ0) is 11.1. The fraction of sp³-hybridized carbons (Fsp3) is 0.727. The minimum Gasteiger partial charge on any atom is -0.344 e. The number of nitrogens with one attached hydrogen (secondary N) is 1. The molecule has 0 aliphatic carbocycles. The van der Waals surface area contributed by atoms with E-state index in [1.165, 1.54) is 6.42 Å². The molecule has 4 heteroatoms. The molecule has 0 saturated carbocycles. The van der Waals surface area contributed by atoms with E-state index < -0.39 is 0 Å². The van der Waals surface area contributed by atoms with Crippen LogP contribution in [0, 0.1) is 12.3 Å². The molecule has 1 saturated heterocycles. The molecule has 1 N–H and O–H groups in total. The van der Waals surface area contributed by atoms with Crippen LogP contribution in [0.2, 0.25) is 0 Å². The third-order valence-corrected chi connectivity index (χ3v) is 3.81. The second kappa shape index (κ2) is 6.76. The molecule has 1 aliphatic heterocycles. The summed E-state index contributed by atoms with van der Waals surface area (Å²) in [6.07, 6.45) is 6.25. The van der Waals surface area contributed by atoms with E-state index in [0.29, 0.717) is 18.3 Å². The summed E-state index contributed by atoms with van der Waals surface area (Å²) in [4.78, 5) is 13.6. The number of rotatable bonds is 4. The van der Waals surface area contributed by atoms with Crippen LogP contribution < -0.4 is 5.32 Å².